The minimum absolute atomic E-state index is 0.0938. The molecule has 0 bridgehead atoms. The molecule has 0 fully saturated rings. The van der Waals surface area contributed by atoms with Gasteiger partial charge in [0.2, 0.25) is 0 Å². The SMILES string of the molecule is O=Cc1ccc(C=CCCS)cc1F. The van der Waals surface area contributed by atoms with Crippen LogP contribution >= 0.6 is 12.6 Å². The molecule has 0 saturated heterocycles. The molecule has 0 spiro atoms. The van der Waals surface area contributed by atoms with Crippen molar-refractivity contribution in [2.24, 2.45) is 0 Å². The van der Waals surface area contributed by atoms with Gasteiger partial charge in [0, 0.05) is 0 Å². The Hall–Kier alpha value is -1.09. The molecule has 1 nitrogen and oxygen atoms in total. The predicted molar refractivity (Wildman–Crippen MR) is 59.3 cm³/mol. The summed E-state index contributed by atoms with van der Waals surface area (Å²) >= 11 is 4.05. The van der Waals surface area contributed by atoms with Gasteiger partial charge >= 0.3 is 0 Å². The van der Waals surface area contributed by atoms with E-state index in [1.807, 2.05) is 12.2 Å². The van der Waals surface area contributed by atoms with E-state index in [1.165, 1.54) is 12.1 Å². The first-order chi connectivity index (χ1) is 6.77. The summed E-state index contributed by atoms with van der Waals surface area (Å²) in [7, 11) is 0. The number of hydrogen-bond donors (Lipinski definition) is 1. The van der Waals surface area contributed by atoms with E-state index in [4.69, 9.17) is 0 Å². The topological polar surface area (TPSA) is 17.1 Å². The Bertz CT molecular complexity index is 347. The minimum Gasteiger partial charge on any atom is -0.298 e. The van der Waals surface area contributed by atoms with Gasteiger partial charge in [0.05, 0.1) is 5.56 Å². The van der Waals surface area contributed by atoms with Gasteiger partial charge in [-0.15, -0.1) is 0 Å². The lowest BCUT2D eigenvalue weighted by molar-refractivity contribution is 0.112. The molecule has 0 unspecified atom stereocenters. The van der Waals surface area contributed by atoms with Crippen LogP contribution in [0.2, 0.25) is 0 Å². The molecule has 0 N–H and O–H groups in total. The number of benzene rings is 1. The lowest BCUT2D eigenvalue weighted by atomic mass is 10.1. The number of thiol groups is 1. The first-order valence-corrected chi connectivity index (χ1v) is 4.93. The van der Waals surface area contributed by atoms with Crippen LogP contribution in [0.5, 0.6) is 0 Å². The monoisotopic (exact) mass is 210 g/mol. The molecule has 0 amide bonds. The van der Waals surface area contributed by atoms with Gasteiger partial charge in [-0.25, -0.2) is 4.39 Å². The van der Waals surface area contributed by atoms with Crippen molar-refractivity contribution in [2.45, 2.75) is 6.42 Å². The predicted octanol–water partition coefficient (Wildman–Crippen LogP) is 2.97. The van der Waals surface area contributed by atoms with Crippen LogP contribution in [0.1, 0.15) is 22.3 Å². The first kappa shape index (κ1) is 11.0. The van der Waals surface area contributed by atoms with Crippen molar-refractivity contribution in [1.82, 2.24) is 0 Å². The van der Waals surface area contributed by atoms with Crippen molar-refractivity contribution >= 4 is 25.0 Å². The molecule has 0 aromatic heterocycles. The maximum absolute atomic E-state index is 13.1. The zero-order valence-electron chi connectivity index (χ0n) is 7.61. The molecule has 1 rings (SSSR count). The highest BCUT2D eigenvalue weighted by Crippen LogP contribution is 2.10. The van der Waals surface area contributed by atoms with Crippen LogP contribution in [0, 0.1) is 5.82 Å². The van der Waals surface area contributed by atoms with Gasteiger partial charge in [-0.3, -0.25) is 4.79 Å². The quantitative estimate of drug-likeness (QED) is 0.597. The fourth-order valence-electron chi connectivity index (χ4n) is 1.04. The largest absolute Gasteiger partial charge is 0.298 e. The lowest BCUT2D eigenvalue weighted by Crippen LogP contribution is -1.87. The van der Waals surface area contributed by atoms with Crippen LogP contribution in [-0.2, 0) is 0 Å². The third-order valence-electron chi connectivity index (χ3n) is 1.76. The highest BCUT2D eigenvalue weighted by atomic mass is 32.1. The molecule has 0 radical (unpaired) electrons. The van der Waals surface area contributed by atoms with E-state index in [-0.39, 0.29) is 5.56 Å². The standard InChI is InChI=1S/C11H11FOS/c12-11-7-9(3-1-2-6-14)4-5-10(11)8-13/h1,3-5,7-8,14H,2,6H2. The Morgan fingerprint density at radius 3 is 2.79 bits per heavy atom. The number of aldehydes is 1. The number of hydrogen-bond acceptors (Lipinski definition) is 2. The van der Waals surface area contributed by atoms with Crippen LogP contribution in [-0.4, -0.2) is 12.0 Å². The van der Waals surface area contributed by atoms with Crippen molar-refractivity contribution in [3.05, 3.63) is 41.2 Å². The van der Waals surface area contributed by atoms with Crippen molar-refractivity contribution in [1.29, 1.82) is 0 Å². The molecule has 1 aromatic carbocycles. The molecule has 0 atom stereocenters. The van der Waals surface area contributed by atoms with Gasteiger partial charge in [0.25, 0.3) is 0 Å². The molecular formula is C11H11FOS. The normalized spacial score (nSPS) is 10.7. The molecule has 1 aromatic rings. The van der Waals surface area contributed by atoms with Crippen molar-refractivity contribution in [3.8, 4) is 0 Å². The van der Waals surface area contributed by atoms with Crippen molar-refractivity contribution in [2.75, 3.05) is 5.75 Å². The summed E-state index contributed by atoms with van der Waals surface area (Å²) in [5.41, 5.74) is 0.853. The highest BCUT2D eigenvalue weighted by Gasteiger charge is 1.99. The van der Waals surface area contributed by atoms with E-state index in [9.17, 15) is 9.18 Å². The maximum atomic E-state index is 13.1. The lowest BCUT2D eigenvalue weighted by Gasteiger charge is -1.96. The van der Waals surface area contributed by atoms with Gasteiger partial charge < -0.3 is 0 Å². The van der Waals surface area contributed by atoms with Gasteiger partial charge in [-0.1, -0.05) is 18.2 Å². The van der Waals surface area contributed by atoms with Crippen LogP contribution < -0.4 is 0 Å². The summed E-state index contributed by atoms with van der Waals surface area (Å²) < 4.78 is 13.1. The summed E-state index contributed by atoms with van der Waals surface area (Å²) in [5, 5.41) is 0. The average Bonchev–Trinajstić information content (AvgIpc) is 2.18. The van der Waals surface area contributed by atoms with E-state index in [1.54, 1.807) is 6.07 Å². The Balaban J connectivity index is 2.81. The second kappa shape index (κ2) is 5.60. The Morgan fingerprint density at radius 2 is 2.21 bits per heavy atom. The third kappa shape index (κ3) is 3.00. The Morgan fingerprint density at radius 1 is 1.43 bits per heavy atom. The van der Waals surface area contributed by atoms with E-state index >= 15 is 0 Å². The molecule has 0 aliphatic rings. The Kier molecular flexibility index (Phi) is 4.40. The van der Waals surface area contributed by atoms with E-state index in [0.717, 1.165) is 17.7 Å². The molecule has 0 saturated carbocycles. The molecule has 0 aliphatic carbocycles. The zero-order valence-corrected chi connectivity index (χ0v) is 8.51. The van der Waals surface area contributed by atoms with Crippen molar-refractivity contribution in [3.63, 3.8) is 0 Å². The summed E-state index contributed by atoms with van der Waals surface area (Å²) in [6.07, 6.45) is 5.09. The van der Waals surface area contributed by atoms with Crippen LogP contribution in [0.15, 0.2) is 24.3 Å². The van der Waals surface area contributed by atoms with Crippen LogP contribution in [0.25, 0.3) is 6.08 Å². The third-order valence-corrected chi connectivity index (χ3v) is 2.02. The summed E-state index contributed by atoms with van der Waals surface area (Å²) in [5.74, 6) is 0.291. The fraction of sp³-hybridized carbons (Fsp3) is 0.182. The van der Waals surface area contributed by atoms with Gasteiger partial charge in [-0.2, -0.15) is 12.6 Å². The van der Waals surface area contributed by atoms with Crippen molar-refractivity contribution < 1.29 is 9.18 Å². The molecule has 14 heavy (non-hydrogen) atoms. The number of halogens is 1. The Labute approximate surface area is 88.0 Å². The van der Waals surface area contributed by atoms with E-state index in [0.29, 0.717) is 6.29 Å². The summed E-state index contributed by atoms with van der Waals surface area (Å²) in [4.78, 5) is 10.3. The molecule has 0 aliphatic heterocycles. The zero-order chi connectivity index (χ0) is 10.4. The first-order valence-electron chi connectivity index (χ1n) is 4.30. The second-order valence-electron chi connectivity index (χ2n) is 2.81. The van der Waals surface area contributed by atoms with Gasteiger partial charge in [0.15, 0.2) is 6.29 Å². The second-order valence-corrected chi connectivity index (χ2v) is 3.26. The number of rotatable bonds is 4. The molecule has 74 valence electrons. The average molecular weight is 210 g/mol. The molecular weight excluding hydrogens is 199 g/mol. The van der Waals surface area contributed by atoms with E-state index in [2.05, 4.69) is 12.6 Å². The maximum Gasteiger partial charge on any atom is 0.152 e. The van der Waals surface area contributed by atoms with Crippen LogP contribution in [0.4, 0.5) is 4.39 Å². The van der Waals surface area contributed by atoms with Gasteiger partial charge in [-0.05, 0) is 29.9 Å². The van der Waals surface area contributed by atoms with Crippen LogP contribution in [0.3, 0.4) is 0 Å². The van der Waals surface area contributed by atoms with E-state index < -0.39 is 5.82 Å². The number of carbonyl (C=O) groups excluding carboxylic acids is 1. The summed E-state index contributed by atoms with van der Waals surface area (Å²) in [6.45, 7) is 0. The summed E-state index contributed by atoms with van der Waals surface area (Å²) in [6, 6.07) is 4.53. The molecule has 0 heterocycles. The fourth-order valence-corrected chi connectivity index (χ4v) is 1.19. The minimum atomic E-state index is -0.479. The number of carbonyl (C=O) groups is 1. The molecule has 3 heteroatoms. The number of allylic oxidation sites excluding steroid dienone is 1. The highest BCUT2D eigenvalue weighted by molar-refractivity contribution is 7.80. The van der Waals surface area contributed by atoms with Gasteiger partial charge in [0.1, 0.15) is 5.82 Å². The smallest absolute Gasteiger partial charge is 0.152 e.